The summed E-state index contributed by atoms with van der Waals surface area (Å²) in [5, 5.41) is 0. The summed E-state index contributed by atoms with van der Waals surface area (Å²) in [6.07, 6.45) is 1.39. The smallest absolute Gasteiger partial charge is 0.380 e. The molecule has 6 rings (SSSR count). The maximum Gasteiger partial charge on any atom is 0.416 e. The predicted octanol–water partition coefficient (Wildman–Crippen LogP) is 2.64. The van der Waals surface area contributed by atoms with Gasteiger partial charge in [0.15, 0.2) is 0 Å². The second kappa shape index (κ2) is 10.3. The number of ether oxygens (including phenoxy) is 2. The molecule has 8 nitrogen and oxygen atoms in total. The van der Waals surface area contributed by atoms with Crippen LogP contribution in [0.25, 0.3) is 0 Å². The largest absolute Gasteiger partial charge is 0.416 e. The Labute approximate surface area is 219 Å². The minimum atomic E-state index is -4.58. The van der Waals surface area contributed by atoms with Crippen LogP contribution in [0.1, 0.15) is 43.4 Å². The fourth-order valence-corrected chi connectivity index (χ4v) is 6.62. The van der Waals surface area contributed by atoms with E-state index in [0.717, 1.165) is 57.1 Å². The average Bonchev–Trinajstić information content (AvgIpc) is 3.65. The molecule has 0 radical (unpaired) electrons. The highest BCUT2D eigenvalue weighted by molar-refractivity contribution is 5.80. The molecule has 2 fully saturated rings. The molecule has 0 saturated carbocycles. The second-order valence-corrected chi connectivity index (χ2v) is 11.1. The average molecular weight is 535 g/mol. The van der Waals surface area contributed by atoms with Crippen molar-refractivity contribution in [1.29, 1.82) is 0 Å². The van der Waals surface area contributed by atoms with Crippen LogP contribution in [-0.2, 0) is 33.5 Å². The maximum absolute atomic E-state index is 13.2. The number of Topliss-reactive ketones (excluding diaryl/α,β-unsaturated/α-hetero) is 1. The van der Waals surface area contributed by atoms with E-state index < -0.39 is 17.3 Å². The fourth-order valence-electron chi connectivity index (χ4n) is 6.62. The number of alkyl halides is 3. The molecule has 0 aromatic carbocycles. The number of aromatic nitrogens is 1. The minimum absolute atomic E-state index is 0.0476. The molecule has 3 unspecified atom stereocenters. The minimum Gasteiger partial charge on any atom is -0.380 e. The molecule has 0 N–H and O–H groups in total. The van der Waals surface area contributed by atoms with E-state index in [4.69, 9.17) is 9.47 Å². The summed E-state index contributed by atoms with van der Waals surface area (Å²) in [7, 11) is 0. The molecule has 0 amide bonds. The number of pyridine rings is 1. The zero-order valence-corrected chi connectivity index (χ0v) is 21.3. The molecule has 1 aromatic rings. The lowest BCUT2D eigenvalue weighted by molar-refractivity contribution is -0.138. The predicted molar refractivity (Wildman–Crippen MR) is 133 cm³/mol. The van der Waals surface area contributed by atoms with E-state index in [0.29, 0.717) is 37.4 Å². The third kappa shape index (κ3) is 5.25. The number of ketones is 1. The van der Waals surface area contributed by atoms with Gasteiger partial charge in [0.1, 0.15) is 5.78 Å². The van der Waals surface area contributed by atoms with Crippen molar-refractivity contribution in [3.63, 3.8) is 0 Å². The van der Waals surface area contributed by atoms with Crippen molar-refractivity contribution in [3.05, 3.63) is 45.0 Å². The number of hydrogen-bond acceptors (Lipinski definition) is 7. The summed E-state index contributed by atoms with van der Waals surface area (Å²) in [4.78, 5) is 34.2. The standard InChI is InChI=1S/C27H33F3N4O4/c28-27(29,30)18-10-20-13-32(6-7-34(20)26(36)11-18)14-21(35)9-17-12-33(19-4-8-37-16-19)15-25(17)38-24-2-1-23-22(24)3-5-31-23/h5,10-11,17,19,24-25H,1-4,6-9,12-16H2/t17?,19?,24?,25-/m0/s1. The van der Waals surface area contributed by atoms with Gasteiger partial charge in [-0.1, -0.05) is 0 Å². The van der Waals surface area contributed by atoms with Crippen molar-refractivity contribution in [2.75, 3.05) is 39.4 Å². The molecule has 0 spiro atoms. The first-order chi connectivity index (χ1) is 18.2. The Morgan fingerprint density at radius 1 is 1.18 bits per heavy atom. The maximum atomic E-state index is 13.2. The lowest BCUT2D eigenvalue weighted by Gasteiger charge is -2.30. The summed E-state index contributed by atoms with van der Waals surface area (Å²) in [5.74, 6) is 0.0954. The number of carbonyl (C=O) groups excluding carboxylic acids is 1. The van der Waals surface area contributed by atoms with E-state index in [9.17, 15) is 22.8 Å². The number of halogens is 3. The van der Waals surface area contributed by atoms with Crippen LogP contribution in [0.2, 0.25) is 0 Å². The number of carbonyl (C=O) groups is 1. The van der Waals surface area contributed by atoms with Gasteiger partial charge in [-0.25, -0.2) is 0 Å². The number of fused-ring (bicyclic) bond motifs is 1. The molecule has 5 aliphatic rings. The van der Waals surface area contributed by atoms with Crippen LogP contribution in [-0.4, -0.2) is 84.0 Å². The van der Waals surface area contributed by atoms with E-state index in [2.05, 4.69) is 9.89 Å². The molecule has 4 atom stereocenters. The lowest BCUT2D eigenvalue weighted by Crippen LogP contribution is -2.42. The third-order valence-electron chi connectivity index (χ3n) is 8.59. The van der Waals surface area contributed by atoms with Crippen molar-refractivity contribution in [1.82, 2.24) is 14.4 Å². The van der Waals surface area contributed by atoms with Crippen LogP contribution in [0.5, 0.6) is 0 Å². The summed E-state index contributed by atoms with van der Waals surface area (Å²) in [6.45, 7) is 3.99. The zero-order chi connectivity index (χ0) is 26.4. The van der Waals surface area contributed by atoms with Crippen LogP contribution in [0.4, 0.5) is 13.2 Å². The van der Waals surface area contributed by atoms with Crippen molar-refractivity contribution in [3.8, 4) is 0 Å². The third-order valence-corrected chi connectivity index (χ3v) is 8.59. The van der Waals surface area contributed by atoms with Crippen molar-refractivity contribution in [2.45, 2.75) is 69.6 Å². The Hall–Kier alpha value is -2.34. The highest BCUT2D eigenvalue weighted by atomic mass is 19.4. The van der Waals surface area contributed by atoms with E-state index in [1.807, 2.05) is 11.1 Å². The van der Waals surface area contributed by atoms with Gasteiger partial charge in [0, 0.05) is 87.8 Å². The number of likely N-dealkylation sites (tertiary alicyclic amines) is 1. The van der Waals surface area contributed by atoms with Crippen molar-refractivity contribution in [2.24, 2.45) is 10.9 Å². The van der Waals surface area contributed by atoms with Crippen LogP contribution in [0, 0.1) is 5.92 Å². The van der Waals surface area contributed by atoms with Gasteiger partial charge in [0.25, 0.3) is 5.56 Å². The van der Waals surface area contributed by atoms with Gasteiger partial charge in [-0.2, -0.15) is 13.2 Å². The number of nitrogens with zero attached hydrogens (tertiary/aromatic N) is 4. The Morgan fingerprint density at radius 3 is 2.84 bits per heavy atom. The Morgan fingerprint density at radius 2 is 2.05 bits per heavy atom. The summed E-state index contributed by atoms with van der Waals surface area (Å²) in [6, 6.07) is 2.01. The molecule has 2 saturated heterocycles. The van der Waals surface area contributed by atoms with Gasteiger partial charge in [-0.3, -0.25) is 24.4 Å². The van der Waals surface area contributed by atoms with Gasteiger partial charge in [0.2, 0.25) is 0 Å². The van der Waals surface area contributed by atoms with Crippen LogP contribution >= 0.6 is 0 Å². The Bertz CT molecular complexity index is 1200. The molecule has 4 aliphatic heterocycles. The fraction of sp³-hybridized carbons (Fsp3) is 0.667. The topological polar surface area (TPSA) is 76.4 Å². The van der Waals surface area contributed by atoms with Crippen LogP contribution in [0.15, 0.2) is 33.2 Å². The second-order valence-electron chi connectivity index (χ2n) is 11.1. The molecular weight excluding hydrogens is 501 g/mol. The Balaban J connectivity index is 1.11. The van der Waals surface area contributed by atoms with Gasteiger partial charge < -0.3 is 14.0 Å². The number of hydrogen-bond donors (Lipinski definition) is 0. The van der Waals surface area contributed by atoms with Crippen molar-refractivity contribution >= 4 is 12.0 Å². The first-order valence-corrected chi connectivity index (χ1v) is 13.5. The number of rotatable bonds is 7. The number of aliphatic imine (C=N–C) groups is 1. The van der Waals surface area contributed by atoms with Crippen molar-refractivity contribution < 1.29 is 27.4 Å². The molecule has 206 valence electrons. The van der Waals surface area contributed by atoms with Crippen LogP contribution < -0.4 is 5.56 Å². The van der Waals surface area contributed by atoms with Gasteiger partial charge in [-0.15, -0.1) is 0 Å². The summed E-state index contributed by atoms with van der Waals surface area (Å²) < 4.78 is 53.3. The molecule has 5 heterocycles. The first-order valence-electron chi connectivity index (χ1n) is 13.5. The van der Waals surface area contributed by atoms with Gasteiger partial charge >= 0.3 is 6.18 Å². The van der Waals surface area contributed by atoms with E-state index >= 15 is 0 Å². The molecule has 11 heteroatoms. The Kier molecular flexibility index (Phi) is 7.04. The SMILES string of the molecule is O=C(CC1CN(C2CCOC2)C[C@@H]1OC1CCC2=C1CC=N2)CN1CCn2c(cc(C(F)(F)F)cc2=O)C1. The van der Waals surface area contributed by atoms with E-state index in [-0.39, 0.29) is 43.5 Å². The molecule has 0 bridgehead atoms. The van der Waals surface area contributed by atoms with E-state index in [1.54, 1.807) is 0 Å². The zero-order valence-electron chi connectivity index (χ0n) is 21.3. The van der Waals surface area contributed by atoms with E-state index in [1.165, 1.54) is 10.1 Å². The normalized spacial score (nSPS) is 29.9. The lowest BCUT2D eigenvalue weighted by atomic mass is 9.98. The highest BCUT2D eigenvalue weighted by Crippen LogP contribution is 2.38. The first kappa shape index (κ1) is 25.9. The summed E-state index contributed by atoms with van der Waals surface area (Å²) >= 11 is 0. The molecule has 1 aliphatic carbocycles. The molecule has 38 heavy (non-hydrogen) atoms. The quantitative estimate of drug-likeness (QED) is 0.536. The molecule has 1 aromatic heterocycles. The summed E-state index contributed by atoms with van der Waals surface area (Å²) in [5.41, 5.74) is 1.13. The number of allylic oxidation sites excluding steroid dienone is 1. The molecular formula is C27H33F3N4O4. The monoisotopic (exact) mass is 534 g/mol. The van der Waals surface area contributed by atoms with Gasteiger partial charge in [0.05, 0.1) is 30.9 Å². The van der Waals surface area contributed by atoms with Gasteiger partial charge in [-0.05, 0) is 30.9 Å². The van der Waals surface area contributed by atoms with Crippen LogP contribution in [0.3, 0.4) is 0 Å². The highest BCUT2D eigenvalue weighted by Gasteiger charge is 2.42.